The molecule has 4 rings (SSSR count). The lowest BCUT2D eigenvalue weighted by Gasteiger charge is -2.61. The van der Waals surface area contributed by atoms with Crippen LogP contribution in [0.5, 0.6) is 0 Å². The molecule has 0 nitrogen and oxygen atoms in total. The molecule has 0 aromatic carbocycles. The maximum atomic E-state index is 4.66. The molecule has 1 spiro atoms. The predicted molar refractivity (Wildman–Crippen MR) is 111 cm³/mol. The van der Waals surface area contributed by atoms with Crippen LogP contribution in [-0.4, -0.2) is 0 Å². The van der Waals surface area contributed by atoms with Gasteiger partial charge >= 0.3 is 0 Å². The highest BCUT2D eigenvalue weighted by Gasteiger charge is 2.61. The Balaban J connectivity index is 0.000000334. The van der Waals surface area contributed by atoms with E-state index in [4.69, 9.17) is 0 Å². The molecular formula is C25H40. The minimum atomic E-state index is 0.672. The van der Waals surface area contributed by atoms with Crippen molar-refractivity contribution in [2.24, 2.45) is 34.5 Å². The Labute approximate surface area is 157 Å². The Morgan fingerprint density at radius 2 is 1.84 bits per heavy atom. The van der Waals surface area contributed by atoms with Crippen LogP contribution in [-0.2, 0) is 0 Å². The molecule has 140 valence electrons. The van der Waals surface area contributed by atoms with Gasteiger partial charge in [-0.05, 0) is 85.5 Å². The third kappa shape index (κ3) is 3.49. The zero-order valence-corrected chi connectivity index (χ0v) is 17.2. The lowest BCUT2D eigenvalue weighted by atomic mass is 9.43. The van der Waals surface area contributed by atoms with Crippen molar-refractivity contribution in [1.29, 1.82) is 0 Å². The number of terminal acetylenes is 1. The highest BCUT2D eigenvalue weighted by atomic mass is 14.7. The fraction of sp³-hybridized carbons (Fsp3) is 0.760. The molecule has 0 aliphatic heterocycles. The maximum absolute atomic E-state index is 4.66. The van der Waals surface area contributed by atoms with Crippen LogP contribution >= 0.6 is 0 Å². The molecule has 0 heterocycles. The molecule has 0 radical (unpaired) electrons. The Morgan fingerprint density at radius 3 is 2.48 bits per heavy atom. The summed E-state index contributed by atoms with van der Waals surface area (Å²) in [6.07, 6.45) is 19.5. The maximum Gasteiger partial charge on any atom is -0.0194 e. The van der Waals surface area contributed by atoms with Crippen molar-refractivity contribution in [3.63, 3.8) is 0 Å². The average molecular weight is 341 g/mol. The zero-order chi connectivity index (χ0) is 18.7. The Kier molecular flexibility index (Phi) is 6.64. The van der Waals surface area contributed by atoms with E-state index in [-0.39, 0.29) is 0 Å². The summed E-state index contributed by atoms with van der Waals surface area (Å²) in [7, 11) is 0. The first-order valence-corrected chi connectivity index (χ1v) is 10.7. The van der Waals surface area contributed by atoms with E-state index in [9.17, 15) is 0 Å². The average Bonchev–Trinajstić information content (AvgIpc) is 2.85. The van der Waals surface area contributed by atoms with Gasteiger partial charge in [0.05, 0.1) is 0 Å². The molecule has 4 aliphatic rings. The number of hydrogen-bond acceptors (Lipinski definition) is 0. The van der Waals surface area contributed by atoms with Crippen molar-refractivity contribution < 1.29 is 0 Å². The van der Waals surface area contributed by atoms with Gasteiger partial charge in [0.1, 0.15) is 0 Å². The molecule has 4 aliphatic carbocycles. The summed E-state index contributed by atoms with van der Waals surface area (Å²) in [6.45, 7) is 16.9. The monoisotopic (exact) mass is 340 g/mol. The molecule has 4 saturated carbocycles. The zero-order valence-electron chi connectivity index (χ0n) is 17.2. The van der Waals surface area contributed by atoms with Crippen molar-refractivity contribution in [3.8, 4) is 12.3 Å². The van der Waals surface area contributed by atoms with Crippen molar-refractivity contribution in [2.75, 3.05) is 0 Å². The third-order valence-corrected chi connectivity index (χ3v) is 8.13. The number of fused-ring (bicyclic) bond motifs is 3. The topological polar surface area (TPSA) is 0 Å². The summed E-state index contributed by atoms with van der Waals surface area (Å²) in [6, 6.07) is 0. The quantitative estimate of drug-likeness (QED) is 0.318. The van der Waals surface area contributed by atoms with Crippen LogP contribution in [0.1, 0.15) is 85.5 Å². The van der Waals surface area contributed by atoms with Crippen molar-refractivity contribution >= 4 is 0 Å². The number of rotatable bonds is 0. The van der Waals surface area contributed by atoms with E-state index in [1.165, 1.54) is 63.9 Å². The molecule has 0 aromatic heterocycles. The first-order valence-electron chi connectivity index (χ1n) is 10.7. The summed E-state index contributed by atoms with van der Waals surface area (Å²) >= 11 is 0. The summed E-state index contributed by atoms with van der Waals surface area (Å²) < 4.78 is 0. The van der Waals surface area contributed by atoms with Gasteiger partial charge in [-0.25, -0.2) is 0 Å². The van der Waals surface area contributed by atoms with Gasteiger partial charge in [0.2, 0.25) is 0 Å². The van der Waals surface area contributed by atoms with Crippen molar-refractivity contribution in [2.45, 2.75) is 85.5 Å². The second-order valence-electron chi connectivity index (χ2n) is 9.12. The molecule has 4 fully saturated rings. The first kappa shape index (κ1) is 20.4. The van der Waals surface area contributed by atoms with Gasteiger partial charge in [0, 0.05) is 0 Å². The van der Waals surface area contributed by atoms with Crippen LogP contribution in [0.4, 0.5) is 0 Å². The lowest BCUT2D eigenvalue weighted by Crippen LogP contribution is -2.53. The summed E-state index contributed by atoms with van der Waals surface area (Å²) in [4.78, 5) is 0. The Bertz CT molecular complexity index is 521. The lowest BCUT2D eigenvalue weighted by molar-refractivity contribution is -0.120. The number of hydrogen-bond donors (Lipinski definition) is 0. The van der Waals surface area contributed by atoms with Crippen LogP contribution < -0.4 is 0 Å². The Morgan fingerprint density at radius 1 is 1.16 bits per heavy atom. The first-order chi connectivity index (χ1) is 12.0. The molecule has 0 N–H and O–H groups in total. The fourth-order valence-corrected chi connectivity index (χ4v) is 7.27. The predicted octanol–water partition coefficient (Wildman–Crippen LogP) is 7.42. The molecule has 6 atom stereocenters. The standard InChI is InChI=1S/C19H30.C4H4.C2H6/c1-13-5-4-9-18(3)16(13)8-10-19-11-14(2)15(12-19)6-7-17(18)19;1-3-4-2;1-2/h13,15-17H,2,4-12H2,1,3H3;1,4H,2H2;1-2H3/t13?,15-,16?,17?,18+,19+;;/m0../s1. The molecule has 0 saturated heterocycles. The molecule has 0 heteroatoms. The van der Waals surface area contributed by atoms with E-state index in [1.807, 2.05) is 13.8 Å². The molecule has 25 heavy (non-hydrogen) atoms. The van der Waals surface area contributed by atoms with Crippen LogP contribution in [0, 0.1) is 46.8 Å². The number of allylic oxidation sites excluding steroid dienone is 2. The SMILES string of the molecule is C#CC=C.C=C1C[C@@]23CCC4C(C)CCC[C@@]4(C)C2CC[C@H]1C3.CC. The molecule has 3 unspecified atom stereocenters. The summed E-state index contributed by atoms with van der Waals surface area (Å²) in [5.41, 5.74) is 2.99. The van der Waals surface area contributed by atoms with E-state index in [0.29, 0.717) is 10.8 Å². The van der Waals surface area contributed by atoms with Crippen molar-refractivity contribution in [1.82, 2.24) is 0 Å². The van der Waals surface area contributed by atoms with E-state index >= 15 is 0 Å². The van der Waals surface area contributed by atoms with E-state index < -0.39 is 0 Å². The van der Waals surface area contributed by atoms with E-state index in [0.717, 1.165) is 23.7 Å². The normalized spacial score (nSPS) is 43.9. The molecular weight excluding hydrogens is 300 g/mol. The highest BCUT2D eigenvalue weighted by molar-refractivity contribution is 5.21. The van der Waals surface area contributed by atoms with Gasteiger partial charge in [-0.15, -0.1) is 6.42 Å². The van der Waals surface area contributed by atoms with Crippen LogP contribution in [0.15, 0.2) is 24.8 Å². The second kappa shape index (κ2) is 8.16. The summed E-state index contributed by atoms with van der Waals surface area (Å²) in [5.74, 6) is 6.13. The largest absolute Gasteiger partial charge is 0.115 e. The van der Waals surface area contributed by atoms with Crippen LogP contribution in [0.2, 0.25) is 0 Å². The smallest absolute Gasteiger partial charge is 0.0194 e. The fourth-order valence-electron chi connectivity index (χ4n) is 7.27. The van der Waals surface area contributed by atoms with E-state index in [1.54, 1.807) is 5.57 Å². The van der Waals surface area contributed by atoms with Crippen LogP contribution in [0.3, 0.4) is 0 Å². The minimum absolute atomic E-state index is 0.672. The van der Waals surface area contributed by atoms with Crippen molar-refractivity contribution in [3.05, 3.63) is 24.8 Å². The van der Waals surface area contributed by atoms with Gasteiger partial charge in [-0.3, -0.25) is 0 Å². The van der Waals surface area contributed by atoms with Gasteiger partial charge in [-0.1, -0.05) is 65.2 Å². The van der Waals surface area contributed by atoms with Gasteiger partial charge < -0.3 is 0 Å². The third-order valence-electron chi connectivity index (χ3n) is 8.13. The Hall–Kier alpha value is -0.960. The highest BCUT2D eigenvalue weighted by Crippen LogP contribution is 2.70. The van der Waals surface area contributed by atoms with Gasteiger partial charge in [0.25, 0.3) is 0 Å². The minimum Gasteiger partial charge on any atom is -0.115 e. The molecule has 2 bridgehead atoms. The molecule has 0 aromatic rings. The van der Waals surface area contributed by atoms with E-state index in [2.05, 4.69) is 39.3 Å². The second-order valence-corrected chi connectivity index (χ2v) is 9.12. The van der Waals surface area contributed by atoms with Gasteiger partial charge in [-0.2, -0.15) is 0 Å². The summed E-state index contributed by atoms with van der Waals surface area (Å²) in [5, 5.41) is 0. The van der Waals surface area contributed by atoms with Gasteiger partial charge in [0.15, 0.2) is 0 Å². The molecule has 0 amide bonds. The van der Waals surface area contributed by atoms with Crippen LogP contribution in [0.25, 0.3) is 0 Å².